The first kappa shape index (κ1) is 29.8. The first-order valence-corrected chi connectivity index (χ1v) is 12.6. The molecule has 0 radical (unpaired) electrons. The standard InChI is InChI=1S/C30H25F6NO4/c1-5-28(3,6-2)17-8-11-19(23(14-17)29(31,32)33)20-12-9-18(15-24(20)30(34,35)36)37-25(38)21-10-7-16(27(40)41-4)13-22(21)26(37)39/h7-15H,5-6H2,1-4H3. The minimum absolute atomic E-state index is 0.0500. The van der Waals surface area contributed by atoms with Crippen LogP contribution in [0.25, 0.3) is 11.1 Å². The highest BCUT2D eigenvalue weighted by Gasteiger charge is 2.42. The molecule has 5 nitrogen and oxygen atoms in total. The molecule has 0 saturated carbocycles. The zero-order valence-electron chi connectivity index (χ0n) is 22.5. The van der Waals surface area contributed by atoms with Crippen molar-refractivity contribution in [1.82, 2.24) is 0 Å². The fraction of sp³-hybridized carbons (Fsp3) is 0.300. The van der Waals surface area contributed by atoms with Crippen LogP contribution in [0.5, 0.6) is 0 Å². The first-order valence-electron chi connectivity index (χ1n) is 12.6. The van der Waals surface area contributed by atoms with Crippen molar-refractivity contribution < 1.29 is 45.5 Å². The molecule has 0 atom stereocenters. The van der Waals surface area contributed by atoms with E-state index in [1.54, 1.807) is 6.92 Å². The van der Waals surface area contributed by atoms with E-state index in [1.807, 2.05) is 13.8 Å². The Hall–Kier alpha value is -4.15. The van der Waals surface area contributed by atoms with Gasteiger partial charge in [0.25, 0.3) is 11.8 Å². The number of ether oxygens (including phenoxy) is 1. The number of carbonyl (C=O) groups is 3. The average Bonchev–Trinajstić information content (AvgIpc) is 3.19. The van der Waals surface area contributed by atoms with Crippen LogP contribution in [0.15, 0.2) is 54.6 Å². The molecule has 4 rings (SSSR count). The first-order chi connectivity index (χ1) is 19.1. The van der Waals surface area contributed by atoms with E-state index in [4.69, 9.17) is 0 Å². The van der Waals surface area contributed by atoms with Gasteiger partial charge in [-0.3, -0.25) is 9.59 Å². The van der Waals surface area contributed by atoms with Crippen LogP contribution in [0, 0.1) is 0 Å². The van der Waals surface area contributed by atoms with Gasteiger partial charge in [0.2, 0.25) is 0 Å². The molecule has 1 aliphatic rings. The number of fused-ring (bicyclic) bond motifs is 1. The quantitative estimate of drug-likeness (QED) is 0.169. The van der Waals surface area contributed by atoms with Crippen molar-refractivity contribution in [2.24, 2.45) is 0 Å². The fourth-order valence-corrected chi connectivity index (χ4v) is 4.91. The van der Waals surface area contributed by atoms with Crippen LogP contribution >= 0.6 is 0 Å². The van der Waals surface area contributed by atoms with Gasteiger partial charge in [-0.1, -0.05) is 39.0 Å². The second-order valence-corrected chi connectivity index (χ2v) is 9.95. The Labute approximate surface area is 231 Å². The van der Waals surface area contributed by atoms with Crippen molar-refractivity contribution in [2.75, 3.05) is 12.0 Å². The Morgan fingerprint density at radius 2 is 1.24 bits per heavy atom. The minimum atomic E-state index is -5.13. The van der Waals surface area contributed by atoms with E-state index < -0.39 is 63.5 Å². The number of carbonyl (C=O) groups excluding carboxylic acids is 3. The van der Waals surface area contributed by atoms with Crippen LogP contribution in [-0.2, 0) is 22.5 Å². The smallest absolute Gasteiger partial charge is 0.417 e. The highest BCUT2D eigenvalue weighted by atomic mass is 19.4. The van der Waals surface area contributed by atoms with Crippen LogP contribution in [0.1, 0.15) is 81.4 Å². The molecular weight excluding hydrogens is 552 g/mol. The molecule has 0 bridgehead atoms. The number of imide groups is 1. The summed E-state index contributed by atoms with van der Waals surface area (Å²) in [4.78, 5) is 38.4. The molecule has 0 aromatic heterocycles. The molecule has 0 unspecified atom stereocenters. The SMILES string of the molecule is CCC(C)(CC)c1ccc(-c2ccc(N3C(=O)c4ccc(C(=O)OC)cc4C3=O)cc2C(F)(F)F)c(C(F)(F)F)c1. The lowest BCUT2D eigenvalue weighted by Crippen LogP contribution is -2.29. The number of esters is 1. The Morgan fingerprint density at radius 3 is 1.78 bits per heavy atom. The van der Waals surface area contributed by atoms with Gasteiger partial charge in [-0.15, -0.1) is 0 Å². The number of hydrogen-bond acceptors (Lipinski definition) is 4. The highest BCUT2D eigenvalue weighted by molar-refractivity contribution is 6.34. The number of alkyl halides is 6. The van der Waals surface area contributed by atoms with E-state index in [-0.39, 0.29) is 16.7 Å². The Bertz CT molecular complexity index is 1550. The topological polar surface area (TPSA) is 63.7 Å². The van der Waals surface area contributed by atoms with Gasteiger partial charge in [0, 0.05) is 0 Å². The van der Waals surface area contributed by atoms with Crippen molar-refractivity contribution in [2.45, 2.75) is 51.4 Å². The summed E-state index contributed by atoms with van der Waals surface area (Å²) >= 11 is 0. The largest absolute Gasteiger partial charge is 0.465 e. The number of nitrogens with zero attached hydrogens (tertiary/aromatic N) is 1. The molecule has 0 fully saturated rings. The number of benzene rings is 3. The van der Waals surface area contributed by atoms with Gasteiger partial charge >= 0.3 is 18.3 Å². The van der Waals surface area contributed by atoms with Gasteiger partial charge in [0.05, 0.1) is 40.6 Å². The number of hydrogen-bond donors (Lipinski definition) is 0. The number of methoxy groups -OCH3 is 1. The maximum Gasteiger partial charge on any atom is 0.417 e. The zero-order valence-corrected chi connectivity index (χ0v) is 22.5. The van der Waals surface area contributed by atoms with Crippen molar-refractivity contribution in [3.05, 3.63) is 88.0 Å². The van der Waals surface area contributed by atoms with Crippen LogP contribution in [0.3, 0.4) is 0 Å². The molecule has 3 aromatic rings. The lowest BCUT2D eigenvalue weighted by atomic mass is 9.76. The van der Waals surface area contributed by atoms with E-state index in [2.05, 4.69) is 4.74 Å². The number of halogens is 6. The van der Waals surface area contributed by atoms with Crippen molar-refractivity contribution in [3.63, 3.8) is 0 Å². The minimum Gasteiger partial charge on any atom is -0.465 e. The summed E-state index contributed by atoms with van der Waals surface area (Å²) in [6, 6.07) is 9.11. The lowest BCUT2D eigenvalue weighted by molar-refractivity contribution is -0.139. The molecule has 0 N–H and O–H groups in total. The fourth-order valence-electron chi connectivity index (χ4n) is 4.91. The molecule has 1 heterocycles. The molecule has 11 heteroatoms. The average molecular weight is 578 g/mol. The second-order valence-electron chi connectivity index (χ2n) is 9.95. The van der Waals surface area contributed by atoms with Crippen LogP contribution in [0.4, 0.5) is 32.0 Å². The Balaban J connectivity index is 1.87. The summed E-state index contributed by atoms with van der Waals surface area (Å²) in [6.45, 7) is 5.43. The van der Waals surface area contributed by atoms with Crippen LogP contribution in [0.2, 0.25) is 0 Å². The van der Waals surface area contributed by atoms with Gasteiger partial charge in [0.15, 0.2) is 0 Å². The third kappa shape index (κ3) is 5.20. The predicted molar refractivity (Wildman–Crippen MR) is 139 cm³/mol. The van der Waals surface area contributed by atoms with Crippen LogP contribution < -0.4 is 4.90 Å². The summed E-state index contributed by atoms with van der Waals surface area (Å²) in [5.41, 5.74) is -5.28. The maximum absolute atomic E-state index is 14.3. The monoisotopic (exact) mass is 577 g/mol. The third-order valence-electron chi connectivity index (χ3n) is 7.75. The van der Waals surface area contributed by atoms with Crippen LogP contribution in [-0.4, -0.2) is 24.9 Å². The van der Waals surface area contributed by atoms with Gasteiger partial charge in [-0.25, -0.2) is 9.69 Å². The van der Waals surface area contributed by atoms with E-state index in [0.717, 1.165) is 37.4 Å². The van der Waals surface area contributed by atoms with Gasteiger partial charge < -0.3 is 4.74 Å². The predicted octanol–water partition coefficient (Wildman–Crippen LogP) is 8.06. The molecule has 216 valence electrons. The molecule has 0 spiro atoms. The molecule has 41 heavy (non-hydrogen) atoms. The van der Waals surface area contributed by atoms with Crippen molar-refractivity contribution >= 4 is 23.5 Å². The third-order valence-corrected chi connectivity index (χ3v) is 7.75. The Kier molecular flexibility index (Phi) is 7.53. The molecule has 0 saturated heterocycles. The van der Waals surface area contributed by atoms with Crippen molar-refractivity contribution in [1.29, 1.82) is 0 Å². The van der Waals surface area contributed by atoms with Gasteiger partial charge in [0.1, 0.15) is 0 Å². The van der Waals surface area contributed by atoms with Crippen molar-refractivity contribution in [3.8, 4) is 11.1 Å². The molecule has 0 aliphatic carbocycles. The summed E-state index contributed by atoms with van der Waals surface area (Å²) < 4.78 is 90.2. The summed E-state index contributed by atoms with van der Waals surface area (Å²) in [6.07, 6.45) is -9.06. The molecular formula is C30H25F6NO4. The number of anilines is 1. The molecule has 1 aliphatic heterocycles. The number of amides is 2. The number of rotatable bonds is 6. The Morgan fingerprint density at radius 1 is 0.732 bits per heavy atom. The molecule has 3 aromatic carbocycles. The summed E-state index contributed by atoms with van der Waals surface area (Å²) in [7, 11) is 1.11. The van der Waals surface area contributed by atoms with Gasteiger partial charge in [-0.05, 0) is 71.3 Å². The van der Waals surface area contributed by atoms with E-state index in [9.17, 15) is 40.7 Å². The molecule has 2 amide bonds. The zero-order chi connectivity index (χ0) is 30.5. The maximum atomic E-state index is 14.3. The lowest BCUT2D eigenvalue weighted by Gasteiger charge is -2.29. The summed E-state index contributed by atoms with van der Waals surface area (Å²) in [5, 5.41) is 0. The van der Waals surface area contributed by atoms with E-state index in [0.29, 0.717) is 29.4 Å². The van der Waals surface area contributed by atoms with Gasteiger partial charge in [-0.2, -0.15) is 26.3 Å². The highest BCUT2D eigenvalue weighted by Crippen LogP contribution is 2.46. The normalized spacial score (nSPS) is 14.0. The summed E-state index contributed by atoms with van der Waals surface area (Å²) in [5.74, 6) is -2.73. The van der Waals surface area contributed by atoms with E-state index >= 15 is 0 Å². The van der Waals surface area contributed by atoms with E-state index in [1.165, 1.54) is 18.2 Å². The second kappa shape index (κ2) is 10.4.